The van der Waals surface area contributed by atoms with Crippen LogP contribution in [-0.4, -0.2) is 32.0 Å². The van der Waals surface area contributed by atoms with Crippen molar-refractivity contribution in [2.45, 2.75) is 65.8 Å². The fraction of sp³-hybridized carbons (Fsp3) is 0.933. The van der Waals surface area contributed by atoms with Crippen molar-refractivity contribution in [3.63, 3.8) is 0 Å². The first-order valence-corrected chi connectivity index (χ1v) is 7.53. The molecule has 0 atom stereocenters. The average Bonchev–Trinajstić information content (AvgIpc) is 2.30. The lowest BCUT2D eigenvalue weighted by molar-refractivity contribution is 0.106. The second-order valence-electron chi connectivity index (χ2n) is 5.67. The second-order valence-corrected chi connectivity index (χ2v) is 5.67. The number of unbranched alkanes of at least 4 members (excludes halogenated alkanes) is 4. The molecule has 0 spiro atoms. The van der Waals surface area contributed by atoms with Gasteiger partial charge in [-0.05, 0) is 32.6 Å². The SMILES string of the molecule is CC(C)COCCCCCCCOC(=O)NC(C)C. The van der Waals surface area contributed by atoms with Gasteiger partial charge in [-0.25, -0.2) is 4.79 Å². The molecule has 1 amide bonds. The lowest BCUT2D eigenvalue weighted by atomic mass is 10.1. The molecule has 0 heterocycles. The van der Waals surface area contributed by atoms with Gasteiger partial charge in [0.15, 0.2) is 0 Å². The Morgan fingerprint density at radius 1 is 0.947 bits per heavy atom. The molecule has 0 unspecified atom stereocenters. The number of carbonyl (C=O) groups excluding carboxylic acids is 1. The van der Waals surface area contributed by atoms with Crippen LogP contribution in [0.15, 0.2) is 0 Å². The highest BCUT2D eigenvalue weighted by molar-refractivity contribution is 5.67. The van der Waals surface area contributed by atoms with E-state index >= 15 is 0 Å². The lowest BCUT2D eigenvalue weighted by Crippen LogP contribution is -2.30. The van der Waals surface area contributed by atoms with Crippen LogP contribution in [-0.2, 0) is 9.47 Å². The van der Waals surface area contributed by atoms with Gasteiger partial charge in [-0.15, -0.1) is 0 Å². The minimum Gasteiger partial charge on any atom is -0.450 e. The van der Waals surface area contributed by atoms with Crippen LogP contribution in [0.5, 0.6) is 0 Å². The number of nitrogens with one attached hydrogen (secondary N) is 1. The Hall–Kier alpha value is -0.770. The van der Waals surface area contributed by atoms with Crippen molar-refractivity contribution in [1.82, 2.24) is 5.32 Å². The van der Waals surface area contributed by atoms with Crippen LogP contribution >= 0.6 is 0 Å². The number of carbonyl (C=O) groups is 1. The first kappa shape index (κ1) is 18.2. The average molecular weight is 273 g/mol. The quantitative estimate of drug-likeness (QED) is 0.583. The van der Waals surface area contributed by atoms with E-state index in [-0.39, 0.29) is 12.1 Å². The van der Waals surface area contributed by atoms with Gasteiger partial charge in [0.05, 0.1) is 6.61 Å². The Kier molecular flexibility index (Phi) is 11.8. The van der Waals surface area contributed by atoms with Crippen molar-refractivity contribution in [3.8, 4) is 0 Å². The zero-order chi connectivity index (χ0) is 14.5. The van der Waals surface area contributed by atoms with Gasteiger partial charge in [0.25, 0.3) is 0 Å². The van der Waals surface area contributed by atoms with E-state index in [2.05, 4.69) is 19.2 Å². The molecule has 0 saturated heterocycles. The van der Waals surface area contributed by atoms with E-state index in [1.807, 2.05) is 13.8 Å². The summed E-state index contributed by atoms with van der Waals surface area (Å²) < 4.78 is 10.6. The summed E-state index contributed by atoms with van der Waals surface area (Å²) in [6, 6.07) is 0.137. The maximum Gasteiger partial charge on any atom is 0.407 e. The van der Waals surface area contributed by atoms with E-state index in [1.165, 1.54) is 12.8 Å². The topological polar surface area (TPSA) is 47.6 Å². The highest BCUT2D eigenvalue weighted by Crippen LogP contribution is 2.04. The number of alkyl carbamates (subject to hydrolysis) is 1. The second kappa shape index (κ2) is 12.3. The van der Waals surface area contributed by atoms with Gasteiger partial charge in [0.2, 0.25) is 0 Å². The van der Waals surface area contributed by atoms with Crippen LogP contribution in [0, 0.1) is 5.92 Å². The summed E-state index contributed by atoms with van der Waals surface area (Å²) >= 11 is 0. The lowest BCUT2D eigenvalue weighted by Gasteiger charge is -2.09. The number of amides is 1. The smallest absolute Gasteiger partial charge is 0.407 e. The van der Waals surface area contributed by atoms with Gasteiger partial charge < -0.3 is 14.8 Å². The molecule has 1 N–H and O–H groups in total. The van der Waals surface area contributed by atoms with E-state index in [1.54, 1.807) is 0 Å². The van der Waals surface area contributed by atoms with E-state index in [0.29, 0.717) is 12.5 Å². The molecule has 0 aliphatic carbocycles. The Morgan fingerprint density at radius 2 is 1.53 bits per heavy atom. The van der Waals surface area contributed by atoms with Crippen molar-refractivity contribution in [2.75, 3.05) is 19.8 Å². The van der Waals surface area contributed by atoms with Crippen LogP contribution in [0.4, 0.5) is 4.79 Å². The summed E-state index contributed by atoms with van der Waals surface area (Å²) in [6.07, 6.45) is 5.24. The third kappa shape index (κ3) is 15.2. The van der Waals surface area contributed by atoms with E-state index in [9.17, 15) is 4.79 Å². The number of rotatable bonds is 11. The Labute approximate surface area is 118 Å². The summed E-state index contributed by atoms with van der Waals surface area (Å²) in [6.45, 7) is 10.4. The summed E-state index contributed by atoms with van der Waals surface area (Å²) in [7, 11) is 0. The van der Waals surface area contributed by atoms with Gasteiger partial charge in [-0.3, -0.25) is 0 Å². The van der Waals surface area contributed by atoms with Crippen molar-refractivity contribution >= 4 is 6.09 Å². The Bertz CT molecular complexity index is 217. The fourth-order valence-corrected chi connectivity index (χ4v) is 1.60. The number of hydrogen-bond donors (Lipinski definition) is 1. The summed E-state index contributed by atoms with van der Waals surface area (Å²) in [4.78, 5) is 11.2. The van der Waals surface area contributed by atoms with E-state index < -0.39 is 0 Å². The van der Waals surface area contributed by atoms with Crippen LogP contribution in [0.1, 0.15) is 59.8 Å². The number of ether oxygens (including phenoxy) is 2. The summed E-state index contributed by atoms with van der Waals surface area (Å²) in [5, 5.41) is 2.70. The van der Waals surface area contributed by atoms with Crippen molar-refractivity contribution in [1.29, 1.82) is 0 Å². The van der Waals surface area contributed by atoms with Crippen molar-refractivity contribution in [3.05, 3.63) is 0 Å². The number of hydrogen-bond acceptors (Lipinski definition) is 3. The minimum atomic E-state index is -0.308. The van der Waals surface area contributed by atoms with E-state index in [0.717, 1.165) is 32.5 Å². The molecule has 0 aromatic carbocycles. The van der Waals surface area contributed by atoms with E-state index in [4.69, 9.17) is 9.47 Å². The molecule has 0 aliphatic heterocycles. The Balaban J connectivity index is 3.13. The highest BCUT2D eigenvalue weighted by atomic mass is 16.5. The van der Waals surface area contributed by atoms with Gasteiger partial charge in [0, 0.05) is 19.3 Å². The van der Waals surface area contributed by atoms with Crippen LogP contribution in [0.2, 0.25) is 0 Å². The molecule has 4 heteroatoms. The van der Waals surface area contributed by atoms with Crippen LogP contribution < -0.4 is 5.32 Å². The zero-order valence-electron chi connectivity index (χ0n) is 13.0. The van der Waals surface area contributed by atoms with Crippen molar-refractivity contribution in [2.24, 2.45) is 5.92 Å². The van der Waals surface area contributed by atoms with Gasteiger partial charge in [-0.1, -0.05) is 33.1 Å². The molecule has 0 rings (SSSR count). The monoisotopic (exact) mass is 273 g/mol. The molecule has 0 saturated carbocycles. The first-order chi connectivity index (χ1) is 9.02. The molecular weight excluding hydrogens is 242 g/mol. The summed E-state index contributed by atoms with van der Waals surface area (Å²) in [5.74, 6) is 0.620. The molecule has 4 nitrogen and oxygen atoms in total. The molecule has 0 bridgehead atoms. The molecule has 19 heavy (non-hydrogen) atoms. The predicted octanol–water partition coefficient (Wildman–Crippen LogP) is 3.74. The van der Waals surface area contributed by atoms with Crippen molar-refractivity contribution < 1.29 is 14.3 Å². The third-order valence-corrected chi connectivity index (χ3v) is 2.52. The molecular formula is C15H31NO3. The normalized spacial score (nSPS) is 11.1. The largest absolute Gasteiger partial charge is 0.450 e. The standard InChI is InChI=1S/C15H31NO3/c1-13(2)12-18-10-8-6-5-7-9-11-19-15(17)16-14(3)4/h13-14H,5-12H2,1-4H3,(H,16,17). The van der Waals surface area contributed by atoms with Crippen LogP contribution in [0.25, 0.3) is 0 Å². The molecule has 0 fully saturated rings. The van der Waals surface area contributed by atoms with Gasteiger partial charge in [-0.2, -0.15) is 0 Å². The molecule has 0 radical (unpaired) electrons. The Morgan fingerprint density at radius 3 is 2.11 bits per heavy atom. The zero-order valence-corrected chi connectivity index (χ0v) is 13.0. The maximum atomic E-state index is 11.2. The van der Waals surface area contributed by atoms with Crippen LogP contribution in [0.3, 0.4) is 0 Å². The van der Waals surface area contributed by atoms with Gasteiger partial charge >= 0.3 is 6.09 Å². The first-order valence-electron chi connectivity index (χ1n) is 7.53. The molecule has 0 aromatic heterocycles. The third-order valence-electron chi connectivity index (χ3n) is 2.52. The molecule has 114 valence electrons. The maximum absolute atomic E-state index is 11.2. The molecule has 0 aromatic rings. The summed E-state index contributed by atoms with van der Waals surface area (Å²) in [5.41, 5.74) is 0. The fourth-order valence-electron chi connectivity index (χ4n) is 1.60. The van der Waals surface area contributed by atoms with Gasteiger partial charge in [0.1, 0.15) is 0 Å². The molecule has 0 aliphatic rings. The highest BCUT2D eigenvalue weighted by Gasteiger charge is 2.02. The predicted molar refractivity (Wildman–Crippen MR) is 78.4 cm³/mol. The minimum absolute atomic E-state index is 0.137.